The summed E-state index contributed by atoms with van der Waals surface area (Å²) in [5, 5.41) is 2.77. The number of benzene rings is 2. The van der Waals surface area contributed by atoms with Crippen LogP contribution >= 0.6 is 0 Å². The Morgan fingerprint density at radius 2 is 1.91 bits per heavy atom. The van der Waals surface area contributed by atoms with Crippen LogP contribution in [0.2, 0.25) is 0 Å². The van der Waals surface area contributed by atoms with E-state index in [4.69, 9.17) is 16.2 Å². The smallest absolute Gasteiger partial charge is 0.244 e. The van der Waals surface area contributed by atoms with E-state index in [0.717, 1.165) is 16.9 Å². The van der Waals surface area contributed by atoms with Gasteiger partial charge in [-0.05, 0) is 47.5 Å². The van der Waals surface area contributed by atoms with Crippen molar-refractivity contribution >= 4 is 23.4 Å². The van der Waals surface area contributed by atoms with Gasteiger partial charge in [-0.2, -0.15) is 0 Å². The Morgan fingerprint density at radius 3 is 2.59 bits per heavy atom. The summed E-state index contributed by atoms with van der Waals surface area (Å²) in [6.07, 6.45) is 3.21. The van der Waals surface area contributed by atoms with Gasteiger partial charge >= 0.3 is 0 Å². The number of nitrogens with one attached hydrogen (secondary N) is 1. The normalized spacial score (nSPS) is 10.6. The zero-order valence-electron chi connectivity index (χ0n) is 12.4. The van der Waals surface area contributed by atoms with E-state index in [9.17, 15) is 4.79 Å². The number of amides is 1. The highest BCUT2D eigenvalue weighted by Crippen LogP contribution is 2.15. The molecule has 2 aromatic rings. The van der Waals surface area contributed by atoms with E-state index in [0.29, 0.717) is 17.9 Å². The molecule has 0 radical (unpaired) electrons. The van der Waals surface area contributed by atoms with Gasteiger partial charge in [0.15, 0.2) is 0 Å². The van der Waals surface area contributed by atoms with Crippen LogP contribution in [-0.4, -0.2) is 13.0 Å². The quantitative estimate of drug-likeness (QED) is 0.583. The Labute approximate surface area is 129 Å². The second-order valence-electron chi connectivity index (χ2n) is 4.78. The third-order valence-electron chi connectivity index (χ3n) is 3.16. The number of hydrogen-bond donors (Lipinski definition) is 3. The molecule has 1 amide bonds. The number of hydrogen-bond acceptors (Lipinski definition) is 4. The molecule has 5 nitrogen and oxygen atoms in total. The summed E-state index contributed by atoms with van der Waals surface area (Å²) in [4.78, 5) is 11.8. The Hall–Kier alpha value is -2.95. The van der Waals surface area contributed by atoms with Crippen molar-refractivity contribution in [3.8, 4) is 5.75 Å². The molecule has 0 fully saturated rings. The summed E-state index contributed by atoms with van der Waals surface area (Å²) >= 11 is 0. The second-order valence-corrected chi connectivity index (χ2v) is 4.78. The van der Waals surface area contributed by atoms with Crippen molar-refractivity contribution in [2.75, 3.05) is 18.6 Å². The van der Waals surface area contributed by atoms with Crippen molar-refractivity contribution in [1.29, 1.82) is 0 Å². The Morgan fingerprint density at radius 1 is 1.18 bits per heavy atom. The van der Waals surface area contributed by atoms with Gasteiger partial charge in [0.2, 0.25) is 5.91 Å². The largest absolute Gasteiger partial charge is 0.497 e. The average Bonchev–Trinajstić information content (AvgIpc) is 2.54. The van der Waals surface area contributed by atoms with Gasteiger partial charge in [-0.25, -0.2) is 0 Å². The molecule has 5 heteroatoms. The summed E-state index contributed by atoms with van der Waals surface area (Å²) in [7, 11) is 1.61. The Balaban J connectivity index is 1.92. The maximum atomic E-state index is 11.8. The first kappa shape index (κ1) is 15.4. The summed E-state index contributed by atoms with van der Waals surface area (Å²) in [6, 6.07) is 12.6. The number of ether oxygens (including phenoxy) is 1. The number of rotatable bonds is 5. The van der Waals surface area contributed by atoms with Crippen LogP contribution in [0.15, 0.2) is 48.5 Å². The minimum absolute atomic E-state index is 0.197. The molecular formula is C17H19N3O2. The van der Waals surface area contributed by atoms with Gasteiger partial charge in [0, 0.05) is 24.0 Å². The van der Waals surface area contributed by atoms with Crippen LogP contribution in [0.3, 0.4) is 0 Å². The molecule has 0 heterocycles. The molecule has 0 atom stereocenters. The van der Waals surface area contributed by atoms with Crippen LogP contribution < -0.4 is 21.5 Å². The average molecular weight is 297 g/mol. The number of nitrogen functional groups attached to an aromatic ring is 2. The minimum Gasteiger partial charge on any atom is -0.497 e. The van der Waals surface area contributed by atoms with Crippen molar-refractivity contribution in [3.63, 3.8) is 0 Å². The summed E-state index contributed by atoms with van der Waals surface area (Å²) in [5.41, 5.74) is 14.5. The van der Waals surface area contributed by atoms with Crippen LogP contribution in [0.1, 0.15) is 11.1 Å². The van der Waals surface area contributed by atoms with Gasteiger partial charge < -0.3 is 21.5 Å². The first-order chi connectivity index (χ1) is 10.6. The molecule has 114 valence electrons. The predicted octanol–water partition coefficient (Wildman–Crippen LogP) is 2.19. The zero-order valence-corrected chi connectivity index (χ0v) is 12.4. The van der Waals surface area contributed by atoms with Gasteiger partial charge in [0.05, 0.1) is 7.11 Å². The molecule has 2 rings (SSSR count). The predicted molar refractivity (Wildman–Crippen MR) is 89.1 cm³/mol. The van der Waals surface area contributed by atoms with Crippen LogP contribution in [-0.2, 0) is 11.3 Å². The number of anilines is 2. The standard InChI is InChI=1S/C17H19N3O2/c1-22-15-6-2-12(3-7-15)4-9-17(21)20-11-13-10-14(18)5-8-16(13)19/h2-10H,11,18-19H2,1H3,(H,20,21)/b9-4+. The van der Waals surface area contributed by atoms with Gasteiger partial charge in [-0.1, -0.05) is 12.1 Å². The zero-order chi connectivity index (χ0) is 15.9. The fraction of sp³-hybridized carbons (Fsp3) is 0.118. The fourth-order valence-electron chi connectivity index (χ4n) is 1.91. The lowest BCUT2D eigenvalue weighted by Crippen LogP contribution is -2.21. The Kier molecular flexibility index (Phi) is 5.03. The molecule has 0 bridgehead atoms. The molecule has 0 aromatic heterocycles. The molecule has 2 aromatic carbocycles. The molecule has 0 aliphatic rings. The lowest BCUT2D eigenvalue weighted by atomic mass is 10.1. The van der Waals surface area contributed by atoms with Crippen molar-refractivity contribution < 1.29 is 9.53 Å². The van der Waals surface area contributed by atoms with Gasteiger partial charge in [0.25, 0.3) is 0 Å². The highest BCUT2D eigenvalue weighted by Gasteiger charge is 2.01. The summed E-state index contributed by atoms with van der Waals surface area (Å²) < 4.78 is 5.08. The first-order valence-electron chi connectivity index (χ1n) is 6.82. The lowest BCUT2D eigenvalue weighted by Gasteiger charge is -2.07. The number of methoxy groups -OCH3 is 1. The van der Waals surface area contributed by atoms with E-state index in [1.54, 1.807) is 31.4 Å². The molecule has 22 heavy (non-hydrogen) atoms. The number of carbonyl (C=O) groups excluding carboxylic acids is 1. The fourth-order valence-corrected chi connectivity index (χ4v) is 1.91. The third-order valence-corrected chi connectivity index (χ3v) is 3.16. The minimum atomic E-state index is -0.197. The molecule has 5 N–H and O–H groups in total. The molecule has 0 aliphatic heterocycles. The number of nitrogens with two attached hydrogens (primary N) is 2. The van der Waals surface area contributed by atoms with Crippen molar-refractivity contribution in [3.05, 3.63) is 59.7 Å². The van der Waals surface area contributed by atoms with Crippen LogP contribution in [0.4, 0.5) is 11.4 Å². The second kappa shape index (κ2) is 7.17. The lowest BCUT2D eigenvalue weighted by molar-refractivity contribution is -0.116. The molecule has 0 unspecified atom stereocenters. The highest BCUT2D eigenvalue weighted by molar-refractivity contribution is 5.91. The molecule has 0 aliphatic carbocycles. The molecule has 0 saturated carbocycles. The van der Waals surface area contributed by atoms with Crippen LogP contribution in [0.5, 0.6) is 5.75 Å². The topological polar surface area (TPSA) is 90.4 Å². The van der Waals surface area contributed by atoms with Gasteiger partial charge in [-0.15, -0.1) is 0 Å². The van der Waals surface area contributed by atoms with E-state index in [1.165, 1.54) is 6.08 Å². The van der Waals surface area contributed by atoms with E-state index >= 15 is 0 Å². The molecule has 0 saturated heterocycles. The summed E-state index contributed by atoms with van der Waals surface area (Å²) in [6.45, 7) is 0.336. The van der Waals surface area contributed by atoms with E-state index < -0.39 is 0 Å². The highest BCUT2D eigenvalue weighted by atomic mass is 16.5. The number of carbonyl (C=O) groups is 1. The van der Waals surface area contributed by atoms with E-state index in [2.05, 4.69) is 5.32 Å². The third kappa shape index (κ3) is 4.28. The van der Waals surface area contributed by atoms with Crippen molar-refractivity contribution in [2.24, 2.45) is 0 Å². The van der Waals surface area contributed by atoms with Gasteiger partial charge in [0.1, 0.15) is 5.75 Å². The van der Waals surface area contributed by atoms with Crippen molar-refractivity contribution in [1.82, 2.24) is 5.32 Å². The Bertz CT molecular complexity index is 679. The van der Waals surface area contributed by atoms with E-state index in [1.807, 2.05) is 24.3 Å². The molecule has 0 spiro atoms. The van der Waals surface area contributed by atoms with Gasteiger partial charge in [-0.3, -0.25) is 4.79 Å². The maximum Gasteiger partial charge on any atom is 0.244 e. The monoisotopic (exact) mass is 297 g/mol. The maximum absolute atomic E-state index is 11.8. The van der Waals surface area contributed by atoms with Crippen molar-refractivity contribution in [2.45, 2.75) is 6.54 Å². The van der Waals surface area contributed by atoms with E-state index in [-0.39, 0.29) is 5.91 Å². The molecular weight excluding hydrogens is 278 g/mol. The SMILES string of the molecule is COc1ccc(/C=C/C(=O)NCc2cc(N)ccc2N)cc1. The van der Waals surface area contributed by atoms with Crippen LogP contribution in [0.25, 0.3) is 6.08 Å². The first-order valence-corrected chi connectivity index (χ1v) is 6.82. The summed E-state index contributed by atoms with van der Waals surface area (Å²) in [5.74, 6) is 0.580. The van der Waals surface area contributed by atoms with Crippen LogP contribution in [0, 0.1) is 0 Å².